The first kappa shape index (κ1) is 18.0. The molecule has 0 bridgehead atoms. The van der Waals surface area contributed by atoms with E-state index in [1.807, 2.05) is 10.7 Å². The molecule has 126 valence electrons. The highest BCUT2D eigenvalue weighted by molar-refractivity contribution is 7.11. The molecule has 0 unspecified atom stereocenters. The molecule has 0 aliphatic heterocycles. The Kier molecular flexibility index (Phi) is 5.58. The lowest BCUT2D eigenvalue weighted by molar-refractivity contribution is -0.137. The summed E-state index contributed by atoms with van der Waals surface area (Å²) in [6.07, 6.45) is -3.27. The molecule has 1 heterocycles. The molecule has 0 spiro atoms. The van der Waals surface area contributed by atoms with E-state index in [-0.39, 0.29) is 10.7 Å². The molecule has 0 fully saturated rings. The standard InChI is InChI=1S/C14H9ClF3N3O2S/c15-10-4-3-8(14(16,17)18)6-11(10)20-12(22)13(23)21-19-7-9-2-1-5-24-9/h1-7H,(H,20,22)(H,21,23)/b19-7+. The molecule has 0 aliphatic rings. The molecule has 2 N–H and O–H groups in total. The lowest BCUT2D eigenvalue weighted by atomic mass is 10.2. The Labute approximate surface area is 143 Å². The minimum absolute atomic E-state index is 0.133. The van der Waals surface area contributed by atoms with Crippen molar-refractivity contribution >= 4 is 46.7 Å². The van der Waals surface area contributed by atoms with Gasteiger partial charge in [-0.25, -0.2) is 5.43 Å². The summed E-state index contributed by atoms with van der Waals surface area (Å²) in [6.45, 7) is 0. The molecule has 0 radical (unpaired) electrons. The minimum Gasteiger partial charge on any atom is -0.316 e. The summed E-state index contributed by atoms with van der Waals surface area (Å²) < 4.78 is 37.9. The Balaban J connectivity index is 2.02. The normalized spacial score (nSPS) is 11.5. The lowest BCUT2D eigenvalue weighted by Gasteiger charge is -2.11. The van der Waals surface area contributed by atoms with E-state index in [0.29, 0.717) is 6.07 Å². The zero-order valence-electron chi connectivity index (χ0n) is 11.7. The number of nitrogens with zero attached hydrogens (tertiary/aromatic N) is 1. The summed E-state index contributed by atoms with van der Waals surface area (Å²) in [6, 6.07) is 5.90. The van der Waals surface area contributed by atoms with Crippen molar-refractivity contribution in [1.29, 1.82) is 0 Å². The number of amides is 2. The quantitative estimate of drug-likeness (QED) is 0.489. The number of benzene rings is 1. The van der Waals surface area contributed by atoms with Gasteiger partial charge in [-0.2, -0.15) is 18.3 Å². The van der Waals surface area contributed by atoms with Crippen molar-refractivity contribution in [2.24, 2.45) is 5.10 Å². The number of thiophene rings is 1. The van der Waals surface area contributed by atoms with E-state index in [0.717, 1.165) is 17.0 Å². The third-order valence-electron chi connectivity index (χ3n) is 2.65. The van der Waals surface area contributed by atoms with Gasteiger partial charge in [0.05, 0.1) is 22.5 Å². The summed E-state index contributed by atoms with van der Waals surface area (Å²) in [5, 5.41) is 7.24. The van der Waals surface area contributed by atoms with Crippen molar-refractivity contribution in [2.45, 2.75) is 6.18 Å². The number of hydrogen-bond acceptors (Lipinski definition) is 4. The number of halogens is 4. The molecule has 1 aromatic heterocycles. The first-order chi connectivity index (χ1) is 11.3. The number of carbonyl (C=O) groups is 2. The van der Waals surface area contributed by atoms with Crippen LogP contribution in [-0.2, 0) is 15.8 Å². The first-order valence-corrected chi connectivity index (χ1v) is 7.58. The molecule has 0 atom stereocenters. The number of nitrogens with one attached hydrogen (secondary N) is 2. The topological polar surface area (TPSA) is 70.6 Å². The highest BCUT2D eigenvalue weighted by Gasteiger charge is 2.31. The maximum atomic E-state index is 12.6. The summed E-state index contributed by atoms with van der Waals surface area (Å²) in [5.41, 5.74) is 0.638. The third kappa shape index (κ3) is 4.80. The van der Waals surface area contributed by atoms with E-state index in [4.69, 9.17) is 11.6 Å². The second kappa shape index (κ2) is 7.45. The van der Waals surface area contributed by atoms with Crippen LogP contribution in [-0.4, -0.2) is 18.0 Å². The maximum Gasteiger partial charge on any atom is 0.416 e. The SMILES string of the molecule is O=C(N/N=C/c1cccs1)C(=O)Nc1cc(C(F)(F)F)ccc1Cl. The molecule has 0 saturated heterocycles. The Morgan fingerprint density at radius 1 is 1.21 bits per heavy atom. The fourth-order valence-corrected chi connectivity index (χ4v) is 2.30. The van der Waals surface area contributed by atoms with Crippen LogP contribution in [0, 0.1) is 0 Å². The summed E-state index contributed by atoms with van der Waals surface area (Å²) in [5.74, 6) is -2.34. The second-order valence-electron chi connectivity index (χ2n) is 4.36. The first-order valence-electron chi connectivity index (χ1n) is 6.32. The number of rotatable bonds is 3. The Bertz CT molecular complexity index is 776. The van der Waals surface area contributed by atoms with Crippen LogP contribution in [0.25, 0.3) is 0 Å². The molecule has 24 heavy (non-hydrogen) atoms. The zero-order valence-corrected chi connectivity index (χ0v) is 13.3. The minimum atomic E-state index is -4.60. The van der Waals surface area contributed by atoms with Gasteiger partial charge in [-0.05, 0) is 29.6 Å². The van der Waals surface area contributed by atoms with Crippen molar-refractivity contribution < 1.29 is 22.8 Å². The van der Waals surface area contributed by atoms with Gasteiger partial charge in [-0.3, -0.25) is 9.59 Å². The van der Waals surface area contributed by atoms with E-state index in [9.17, 15) is 22.8 Å². The van der Waals surface area contributed by atoms with Crippen molar-refractivity contribution in [1.82, 2.24) is 5.43 Å². The van der Waals surface area contributed by atoms with Crippen molar-refractivity contribution in [3.63, 3.8) is 0 Å². The smallest absolute Gasteiger partial charge is 0.316 e. The van der Waals surface area contributed by atoms with E-state index in [1.165, 1.54) is 17.6 Å². The predicted octanol–water partition coefficient (Wildman–Crippen LogP) is 3.51. The third-order valence-corrected chi connectivity index (χ3v) is 3.79. The highest BCUT2D eigenvalue weighted by atomic mass is 35.5. The number of hydrogen-bond donors (Lipinski definition) is 2. The van der Waals surface area contributed by atoms with Gasteiger partial charge in [0, 0.05) is 4.88 Å². The molecular formula is C14H9ClF3N3O2S. The lowest BCUT2D eigenvalue weighted by Crippen LogP contribution is -2.32. The molecular weight excluding hydrogens is 367 g/mol. The van der Waals surface area contributed by atoms with Crippen LogP contribution < -0.4 is 10.7 Å². The van der Waals surface area contributed by atoms with Gasteiger partial charge in [0.2, 0.25) is 0 Å². The molecule has 5 nitrogen and oxygen atoms in total. The van der Waals surface area contributed by atoms with Crippen LogP contribution in [0.4, 0.5) is 18.9 Å². The molecule has 1 aromatic carbocycles. The van der Waals surface area contributed by atoms with Crippen LogP contribution >= 0.6 is 22.9 Å². The van der Waals surface area contributed by atoms with Crippen LogP contribution in [0.2, 0.25) is 5.02 Å². The summed E-state index contributed by atoms with van der Waals surface area (Å²) >= 11 is 7.09. The van der Waals surface area contributed by atoms with E-state index < -0.39 is 23.6 Å². The predicted molar refractivity (Wildman–Crippen MR) is 85.1 cm³/mol. The molecule has 2 aromatic rings. The average molecular weight is 376 g/mol. The Morgan fingerprint density at radius 3 is 2.58 bits per heavy atom. The number of alkyl halides is 3. The van der Waals surface area contributed by atoms with Gasteiger partial charge in [0.1, 0.15) is 0 Å². The molecule has 0 saturated carbocycles. The van der Waals surface area contributed by atoms with E-state index in [1.54, 1.807) is 17.5 Å². The maximum absolute atomic E-state index is 12.6. The molecule has 2 rings (SSSR count). The fraction of sp³-hybridized carbons (Fsp3) is 0.0714. The summed E-state index contributed by atoms with van der Waals surface area (Å²) in [4.78, 5) is 24.0. The second-order valence-corrected chi connectivity index (χ2v) is 5.75. The van der Waals surface area contributed by atoms with E-state index >= 15 is 0 Å². The monoisotopic (exact) mass is 375 g/mol. The van der Waals surface area contributed by atoms with Crippen LogP contribution in [0.3, 0.4) is 0 Å². The fourth-order valence-electron chi connectivity index (χ4n) is 1.55. The van der Waals surface area contributed by atoms with Gasteiger partial charge in [0.25, 0.3) is 0 Å². The van der Waals surface area contributed by atoms with Gasteiger partial charge in [-0.1, -0.05) is 17.7 Å². The van der Waals surface area contributed by atoms with Gasteiger partial charge < -0.3 is 5.32 Å². The van der Waals surface area contributed by atoms with Crippen LogP contribution in [0.1, 0.15) is 10.4 Å². The van der Waals surface area contributed by atoms with Gasteiger partial charge in [0.15, 0.2) is 0 Å². The average Bonchev–Trinajstić information content (AvgIpc) is 3.01. The van der Waals surface area contributed by atoms with Crippen LogP contribution in [0.15, 0.2) is 40.8 Å². The zero-order chi connectivity index (χ0) is 17.7. The number of carbonyl (C=O) groups excluding carboxylic acids is 2. The van der Waals surface area contributed by atoms with Crippen LogP contribution in [0.5, 0.6) is 0 Å². The molecule has 10 heteroatoms. The molecule has 0 aliphatic carbocycles. The highest BCUT2D eigenvalue weighted by Crippen LogP contribution is 2.33. The van der Waals surface area contributed by atoms with Crippen molar-refractivity contribution in [2.75, 3.05) is 5.32 Å². The Hall–Kier alpha value is -2.39. The largest absolute Gasteiger partial charge is 0.416 e. The van der Waals surface area contributed by atoms with Crippen molar-refractivity contribution in [3.05, 3.63) is 51.2 Å². The van der Waals surface area contributed by atoms with Crippen molar-refractivity contribution in [3.8, 4) is 0 Å². The van der Waals surface area contributed by atoms with E-state index in [2.05, 4.69) is 5.10 Å². The Morgan fingerprint density at radius 2 is 1.96 bits per heavy atom. The summed E-state index contributed by atoms with van der Waals surface area (Å²) in [7, 11) is 0. The van der Waals surface area contributed by atoms with Gasteiger partial charge >= 0.3 is 18.0 Å². The molecule has 2 amide bonds. The number of hydrazone groups is 1. The number of anilines is 1. The van der Waals surface area contributed by atoms with Gasteiger partial charge in [-0.15, -0.1) is 11.3 Å².